The highest BCUT2D eigenvalue weighted by Gasteiger charge is 2.26. The maximum absolute atomic E-state index is 12.8. The van der Waals surface area contributed by atoms with Crippen LogP contribution in [0.5, 0.6) is 11.5 Å². The topological polar surface area (TPSA) is 55.2 Å². The molecule has 6 heteroatoms. The van der Waals surface area contributed by atoms with E-state index < -0.39 is 0 Å². The molecule has 4 rings (SSSR count). The maximum atomic E-state index is 12.8. The Bertz CT molecular complexity index is 787. The van der Waals surface area contributed by atoms with Crippen LogP contribution in [0, 0.1) is 5.92 Å². The summed E-state index contributed by atoms with van der Waals surface area (Å²) < 4.78 is 16.9. The number of methoxy groups -OCH3 is 1. The fourth-order valence-corrected chi connectivity index (χ4v) is 4.08. The SMILES string of the molecule is COc1ccc(OCC2CCN(C(=O)c3ccc(CN4CCCC4)o3)CC2)cc1. The van der Waals surface area contributed by atoms with Gasteiger partial charge in [0.05, 0.1) is 20.3 Å². The van der Waals surface area contributed by atoms with E-state index in [4.69, 9.17) is 13.9 Å². The second-order valence-corrected chi connectivity index (χ2v) is 7.97. The van der Waals surface area contributed by atoms with Crippen molar-refractivity contribution in [2.45, 2.75) is 32.2 Å². The van der Waals surface area contributed by atoms with Crippen molar-refractivity contribution in [2.75, 3.05) is 39.9 Å². The van der Waals surface area contributed by atoms with E-state index in [2.05, 4.69) is 4.90 Å². The third kappa shape index (κ3) is 5.12. The molecule has 2 aliphatic heterocycles. The summed E-state index contributed by atoms with van der Waals surface area (Å²) in [4.78, 5) is 17.1. The van der Waals surface area contributed by atoms with E-state index in [-0.39, 0.29) is 5.91 Å². The molecule has 1 amide bonds. The Balaban J connectivity index is 1.22. The summed E-state index contributed by atoms with van der Waals surface area (Å²) >= 11 is 0. The highest BCUT2D eigenvalue weighted by Crippen LogP contribution is 2.23. The van der Waals surface area contributed by atoms with Gasteiger partial charge in [-0.25, -0.2) is 0 Å². The normalized spacial score (nSPS) is 18.2. The van der Waals surface area contributed by atoms with Crippen molar-refractivity contribution in [1.29, 1.82) is 0 Å². The predicted molar refractivity (Wildman–Crippen MR) is 110 cm³/mol. The molecule has 0 saturated carbocycles. The smallest absolute Gasteiger partial charge is 0.289 e. The first-order valence-electron chi connectivity index (χ1n) is 10.6. The van der Waals surface area contributed by atoms with Crippen LogP contribution in [0.2, 0.25) is 0 Å². The first-order chi connectivity index (χ1) is 14.2. The van der Waals surface area contributed by atoms with Gasteiger partial charge in [-0.3, -0.25) is 9.69 Å². The zero-order valence-corrected chi connectivity index (χ0v) is 17.1. The Labute approximate surface area is 172 Å². The van der Waals surface area contributed by atoms with Gasteiger partial charge in [0.2, 0.25) is 0 Å². The number of ether oxygens (including phenoxy) is 2. The van der Waals surface area contributed by atoms with Gasteiger partial charge < -0.3 is 18.8 Å². The van der Waals surface area contributed by atoms with Gasteiger partial charge in [0, 0.05) is 13.1 Å². The van der Waals surface area contributed by atoms with Crippen LogP contribution >= 0.6 is 0 Å². The molecule has 156 valence electrons. The lowest BCUT2D eigenvalue weighted by atomic mass is 9.97. The molecular weight excluding hydrogens is 368 g/mol. The Morgan fingerprint density at radius 1 is 1.00 bits per heavy atom. The Hall–Kier alpha value is -2.47. The van der Waals surface area contributed by atoms with Crippen molar-refractivity contribution >= 4 is 5.91 Å². The van der Waals surface area contributed by atoms with Gasteiger partial charge in [-0.1, -0.05) is 0 Å². The summed E-state index contributed by atoms with van der Waals surface area (Å²) in [6.07, 6.45) is 4.40. The lowest BCUT2D eigenvalue weighted by molar-refractivity contribution is 0.0626. The van der Waals surface area contributed by atoms with Gasteiger partial charge in [0.25, 0.3) is 5.91 Å². The second-order valence-electron chi connectivity index (χ2n) is 7.97. The lowest BCUT2D eigenvalue weighted by Crippen LogP contribution is -2.39. The Kier molecular flexibility index (Phi) is 6.39. The molecule has 2 fully saturated rings. The number of amides is 1. The van der Waals surface area contributed by atoms with E-state index in [9.17, 15) is 4.79 Å². The number of rotatable bonds is 7. The van der Waals surface area contributed by atoms with Gasteiger partial charge in [-0.2, -0.15) is 0 Å². The molecule has 1 aromatic carbocycles. The summed E-state index contributed by atoms with van der Waals surface area (Å²) in [5.74, 6) is 3.50. The number of carbonyl (C=O) groups is 1. The number of piperidine rings is 1. The fourth-order valence-electron chi connectivity index (χ4n) is 4.08. The molecular formula is C23H30N2O4. The van der Waals surface area contributed by atoms with Gasteiger partial charge in [0.15, 0.2) is 5.76 Å². The van der Waals surface area contributed by atoms with Crippen LogP contribution in [0.4, 0.5) is 0 Å². The quantitative estimate of drug-likeness (QED) is 0.710. The molecule has 3 heterocycles. The highest BCUT2D eigenvalue weighted by molar-refractivity contribution is 5.91. The summed E-state index contributed by atoms with van der Waals surface area (Å²) in [7, 11) is 1.65. The first kappa shape index (κ1) is 19.8. The zero-order chi connectivity index (χ0) is 20.1. The van der Waals surface area contributed by atoms with Crippen LogP contribution in [0.25, 0.3) is 0 Å². The number of hydrogen-bond donors (Lipinski definition) is 0. The number of hydrogen-bond acceptors (Lipinski definition) is 5. The van der Waals surface area contributed by atoms with E-state index in [1.807, 2.05) is 41.3 Å². The van der Waals surface area contributed by atoms with E-state index >= 15 is 0 Å². The average Bonchev–Trinajstić information content (AvgIpc) is 3.45. The maximum Gasteiger partial charge on any atom is 0.289 e. The molecule has 6 nitrogen and oxygen atoms in total. The van der Waals surface area contributed by atoms with Crippen molar-refractivity contribution in [3.05, 3.63) is 47.9 Å². The molecule has 2 saturated heterocycles. The summed E-state index contributed by atoms with van der Waals surface area (Å²) in [5, 5.41) is 0. The third-order valence-corrected chi connectivity index (χ3v) is 5.90. The number of carbonyl (C=O) groups excluding carboxylic acids is 1. The standard InChI is InChI=1S/C23H30N2O4/c1-27-19-4-6-20(7-5-19)28-17-18-10-14-25(15-11-18)23(26)22-9-8-21(29-22)16-24-12-2-3-13-24/h4-9,18H,2-3,10-17H2,1H3. The van der Waals surface area contributed by atoms with Gasteiger partial charge in [0.1, 0.15) is 17.3 Å². The zero-order valence-electron chi connectivity index (χ0n) is 17.1. The van der Waals surface area contributed by atoms with Gasteiger partial charge in [-0.15, -0.1) is 0 Å². The Morgan fingerprint density at radius 2 is 1.69 bits per heavy atom. The number of likely N-dealkylation sites (tertiary alicyclic amines) is 2. The minimum Gasteiger partial charge on any atom is -0.497 e. The van der Waals surface area contributed by atoms with Crippen molar-refractivity contribution in [3.63, 3.8) is 0 Å². The number of benzene rings is 1. The predicted octanol–water partition coefficient (Wildman–Crippen LogP) is 3.82. The van der Waals surface area contributed by atoms with Crippen molar-refractivity contribution in [2.24, 2.45) is 5.92 Å². The van der Waals surface area contributed by atoms with Crippen LogP contribution in [0.15, 0.2) is 40.8 Å². The molecule has 29 heavy (non-hydrogen) atoms. The van der Waals surface area contributed by atoms with Gasteiger partial charge in [-0.05, 0) is 81.1 Å². The van der Waals surface area contributed by atoms with Crippen molar-refractivity contribution in [1.82, 2.24) is 9.80 Å². The molecule has 1 aromatic heterocycles. The van der Waals surface area contributed by atoms with Crippen molar-refractivity contribution < 1.29 is 18.7 Å². The van der Waals surface area contributed by atoms with Crippen LogP contribution < -0.4 is 9.47 Å². The van der Waals surface area contributed by atoms with E-state index in [1.54, 1.807) is 7.11 Å². The van der Waals surface area contributed by atoms with Crippen LogP contribution in [-0.2, 0) is 6.54 Å². The van der Waals surface area contributed by atoms with Crippen LogP contribution in [0.3, 0.4) is 0 Å². The average molecular weight is 399 g/mol. The molecule has 2 aliphatic rings. The molecule has 0 bridgehead atoms. The molecule has 0 spiro atoms. The van der Waals surface area contributed by atoms with Crippen LogP contribution in [0.1, 0.15) is 42.0 Å². The molecule has 0 N–H and O–H groups in total. The van der Waals surface area contributed by atoms with Gasteiger partial charge >= 0.3 is 0 Å². The lowest BCUT2D eigenvalue weighted by Gasteiger charge is -2.31. The fraction of sp³-hybridized carbons (Fsp3) is 0.522. The molecule has 0 aliphatic carbocycles. The minimum atomic E-state index is 0.00666. The molecule has 2 aromatic rings. The third-order valence-electron chi connectivity index (χ3n) is 5.90. The Morgan fingerprint density at radius 3 is 2.38 bits per heavy atom. The molecule has 0 atom stereocenters. The minimum absolute atomic E-state index is 0.00666. The largest absolute Gasteiger partial charge is 0.497 e. The molecule has 0 unspecified atom stereocenters. The highest BCUT2D eigenvalue weighted by atomic mass is 16.5. The molecule has 0 radical (unpaired) electrons. The second kappa shape index (κ2) is 9.35. The van der Waals surface area contributed by atoms with E-state index in [0.29, 0.717) is 18.3 Å². The number of nitrogens with zero attached hydrogens (tertiary/aromatic N) is 2. The van der Waals surface area contributed by atoms with Crippen molar-refractivity contribution in [3.8, 4) is 11.5 Å². The monoisotopic (exact) mass is 398 g/mol. The van der Waals surface area contributed by atoms with Crippen LogP contribution in [-0.4, -0.2) is 55.6 Å². The van der Waals surface area contributed by atoms with E-state index in [0.717, 1.165) is 62.8 Å². The van der Waals surface area contributed by atoms with E-state index in [1.165, 1.54) is 12.8 Å². The first-order valence-corrected chi connectivity index (χ1v) is 10.6. The summed E-state index contributed by atoms with van der Waals surface area (Å²) in [5.41, 5.74) is 0. The number of furan rings is 1. The summed E-state index contributed by atoms with van der Waals surface area (Å²) in [6.45, 7) is 5.22. The summed E-state index contributed by atoms with van der Waals surface area (Å²) in [6, 6.07) is 11.4.